The number of nitrogens with zero attached hydrogens (tertiary/aromatic N) is 1. The molecule has 1 fully saturated rings. The number of morpholine rings is 1. The van der Waals surface area contributed by atoms with Gasteiger partial charge >= 0.3 is 11.8 Å². The second kappa shape index (κ2) is 10.6. The minimum Gasteiger partial charge on any atom is -0.497 e. The number of carbonyl (C=O) groups excluding carboxylic acids is 2. The topological polar surface area (TPSA) is 89.1 Å². The summed E-state index contributed by atoms with van der Waals surface area (Å²) in [5, 5.41) is 5.23. The number of rotatable bonds is 7. The molecule has 1 saturated heterocycles. The van der Waals surface area contributed by atoms with Gasteiger partial charge in [0.25, 0.3) is 0 Å². The minimum absolute atomic E-state index is 0.0134. The molecule has 2 amide bonds. The Kier molecular flexibility index (Phi) is 7.64. The first-order chi connectivity index (χ1) is 14.6. The van der Waals surface area contributed by atoms with Crippen LogP contribution in [0, 0.1) is 0 Å². The van der Waals surface area contributed by atoms with Gasteiger partial charge in [0.1, 0.15) is 11.5 Å². The molecule has 0 bridgehead atoms. The van der Waals surface area contributed by atoms with E-state index in [1.54, 1.807) is 18.2 Å². The molecule has 0 saturated carbocycles. The minimum atomic E-state index is -0.759. The van der Waals surface area contributed by atoms with E-state index in [0.29, 0.717) is 36.9 Å². The molecule has 0 aromatic heterocycles. The average molecular weight is 413 g/mol. The highest BCUT2D eigenvalue weighted by molar-refractivity contribution is 6.39. The molecule has 160 valence electrons. The highest BCUT2D eigenvalue weighted by Gasteiger charge is 2.22. The van der Waals surface area contributed by atoms with Crippen LogP contribution in [0.2, 0.25) is 0 Å². The molecule has 1 aliphatic heterocycles. The van der Waals surface area contributed by atoms with E-state index in [1.165, 1.54) is 14.2 Å². The van der Waals surface area contributed by atoms with Crippen LogP contribution in [-0.4, -0.2) is 63.7 Å². The Labute approximate surface area is 176 Å². The Hall–Kier alpha value is -3.10. The van der Waals surface area contributed by atoms with Gasteiger partial charge in [0, 0.05) is 32.2 Å². The maximum Gasteiger partial charge on any atom is 0.313 e. The molecule has 8 heteroatoms. The zero-order chi connectivity index (χ0) is 21.3. The molecular weight excluding hydrogens is 386 g/mol. The van der Waals surface area contributed by atoms with Gasteiger partial charge < -0.3 is 24.8 Å². The molecule has 1 heterocycles. The fourth-order valence-electron chi connectivity index (χ4n) is 3.27. The largest absolute Gasteiger partial charge is 0.497 e. The third-order valence-corrected chi connectivity index (χ3v) is 4.90. The number of methoxy groups -OCH3 is 2. The van der Waals surface area contributed by atoms with E-state index in [9.17, 15) is 9.59 Å². The van der Waals surface area contributed by atoms with Crippen molar-refractivity contribution in [2.24, 2.45) is 0 Å². The molecule has 0 radical (unpaired) electrons. The molecule has 0 unspecified atom stereocenters. The highest BCUT2D eigenvalue weighted by Crippen LogP contribution is 2.28. The Morgan fingerprint density at radius 3 is 2.63 bits per heavy atom. The van der Waals surface area contributed by atoms with Gasteiger partial charge in [-0.25, -0.2) is 0 Å². The van der Waals surface area contributed by atoms with E-state index < -0.39 is 11.8 Å². The Bertz CT molecular complexity index is 859. The molecule has 3 rings (SSSR count). The van der Waals surface area contributed by atoms with Gasteiger partial charge in [0.05, 0.1) is 32.6 Å². The molecule has 2 aromatic rings. The summed E-state index contributed by atoms with van der Waals surface area (Å²) in [4.78, 5) is 26.6. The lowest BCUT2D eigenvalue weighted by Gasteiger charge is -2.33. The van der Waals surface area contributed by atoms with Crippen LogP contribution < -0.4 is 20.1 Å². The number of benzene rings is 2. The molecule has 1 atom stereocenters. The van der Waals surface area contributed by atoms with Gasteiger partial charge in [-0.05, 0) is 17.7 Å². The monoisotopic (exact) mass is 413 g/mol. The summed E-state index contributed by atoms with van der Waals surface area (Å²) >= 11 is 0. The van der Waals surface area contributed by atoms with E-state index in [4.69, 9.17) is 14.2 Å². The fourth-order valence-corrected chi connectivity index (χ4v) is 3.27. The van der Waals surface area contributed by atoms with Crippen LogP contribution in [0.5, 0.6) is 11.5 Å². The number of hydrogen-bond acceptors (Lipinski definition) is 6. The van der Waals surface area contributed by atoms with Crippen LogP contribution in [0.4, 0.5) is 5.69 Å². The number of amides is 2. The van der Waals surface area contributed by atoms with Crippen LogP contribution in [0.25, 0.3) is 0 Å². The van der Waals surface area contributed by atoms with Crippen LogP contribution in [0.3, 0.4) is 0 Å². The average Bonchev–Trinajstić information content (AvgIpc) is 2.79. The third kappa shape index (κ3) is 5.71. The highest BCUT2D eigenvalue weighted by atomic mass is 16.5. The fraction of sp³-hybridized carbons (Fsp3) is 0.364. The van der Waals surface area contributed by atoms with Gasteiger partial charge in [-0.15, -0.1) is 0 Å². The molecule has 1 aliphatic rings. The van der Waals surface area contributed by atoms with Gasteiger partial charge in [-0.1, -0.05) is 30.3 Å². The van der Waals surface area contributed by atoms with Gasteiger partial charge in [0.2, 0.25) is 0 Å². The van der Waals surface area contributed by atoms with Crippen LogP contribution in [0.1, 0.15) is 11.7 Å². The maximum atomic E-state index is 12.2. The van der Waals surface area contributed by atoms with Crippen LogP contribution in [-0.2, 0) is 14.3 Å². The normalized spacial score (nSPS) is 16.5. The predicted molar refractivity (Wildman–Crippen MR) is 113 cm³/mol. The summed E-state index contributed by atoms with van der Waals surface area (Å²) in [5.41, 5.74) is 1.51. The SMILES string of the molecule is COc1ccc(OC)c(NC(=O)C(=O)NCCN2CCO[C@H](c3ccccc3)C2)c1. The number of carbonyl (C=O) groups is 2. The second-order valence-corrected chi connectivity index (χ2v) is 6.85. The van der Waals surface area contributed by atoms with Crippen molar-refractivity contribution in [2.45, 2.75) is 6.10 Å². The van der Waals surface area contributed by atoms with Crippen molar-refractivity contribution in [3.8, 4) is 11.5 Å². The van der Waals surface area contributed by atoms with Crippen molar-refractivity contribution in [3.63, 3.8) is 0 Å². The van der Waals surface area contributed by atoms with Gasteiger partial charge in [0.15, 0.2) is 0 Å². The first-order valence-electron chi connectivity index (χ1n) is 9.81. The Balaban J connectivity index is 1.47. The van der Waals surface area contributed by atoms with Gasteiger partial charge in [-0.3, -0.25) is 14.5 Å². The molecular formula is C22H27N3O5. The van der Waals surface area contributed by atoms with Gasteiger partial charge in [-0.2, -0.15) is 0 Å². The van der Waals surface area contributed by atoms with E-state index in [0.717, 1.165) is 18.7 Å². The number of hydrogen-bond donors (Lipinski definition) is 2. The first-order valence-corrected chi connectivity index (χ1v) is 9.81. The lowest BCUT2D eigenvalue weighted by molar-refractivity contribution is -0.136. The van der Waals surface area contributed by atoms with Crippen molar-refractivity contribution in [1.82, 2.24) is 10.2 Å². The van der Waals surface area contributed by atoms with Crippen molar-refractivity contribution in [1.29, 1.82) is 0 Å². The lowest BCUT2D eigenvalue weighted by atomic mass is 10.1. The van der Waals surface area contributed by atoms with Crippen molar-refractivity contribution in [3.05, 3.63) is 54.1 Å². The summed E-state index contributed by atoms with van der Waals surface area (Å²) in [6.45, 7) is 3.15. The summed E-state index contributed by atoms with van der Waals surface area (Å²) in [5.74, 6) is -0.470. The standard InChI is InChI=1S/C22H27N3O5/c1-28-17-8-9-19(29-2)18(14-17)24-22(27)21(26)23-10-11-25-12-13-30-20(15-25)16-6-4-3-5-7-16/h3-9,14,20H,10-13,15H2,1-2H3,(H,23,26)(H,24,27)/t20-/m0/s1. The Morgan fingerprint density at radius 1 is 1.10 bits per heavy atom. The van der Waals surface area contributed by atoms with E-state index in [2.05, 4.69) is 15.5 Å². The first kappa shape index (κ1) is 21.6. The number of nitrogens with one attached hydrogen (secondary N) is 2. The summed E-state index contributed by atoms with van der Waals surface area (Å²) in [7, 11) is 3.01. The van der Waals surface area contributed by atoms with Crippen LogP contribution in [0.15, 0.2) is 48.5 Å². The Morgan fingerprint density at radius 2 is 1.90 bits per heavy atom. The quantitative estimate of drug-likeness (QED) is 0.674. The molecule has 8 nitrogen and oxygen atoms in total. The lowest BCUT2D eigenvalue weighted by Crippen LogP contribution is -2.44. The molecule has 2 aromatic carbocycles. The molecule has 0 spiro atoms. The molecule has 2 N–H and O–H groups in total. The zero-order valence-electron chi connectivity index (χ0n) is 17.2. The summed E-state index contributed by atoms with van der Waals surface area (Å²) in [6, 6.07) is 15.0. The van der Waals surface area contributed by atoms with Crippen molar-refractivity contribution >= 4 is 17.5 Å². The van der Waals surface area contributed by atoms with Crippen molar-refractivity contribution < 1.29 is 23.8 Å². The van der Waals surface area contributed by atoms with E-state index >= 15 is 0 Å². The predicted octanol–water partition coefficient (Wildman–Crippen LogP) is 1.83. The number of anilines is 1. The number of ether oxygens (including phenoxy) is 3. The van der Waals surface area contributed by atoms with E-state index in [1.807, 2.05) is 30.3 Å². The smallest absolute Gasteiger partial charge is 0.313 e. The molecule has 0 aliphatic carbocycles. The van der Waals surface area contributed by atoms with Crippen molar-refractivity contribution in [2.75, 3.05) is 52.3 Å². The second-order valence-electron chi connectivity index (χ2n) is 6.85. The molecule has 30 heavy (non-hydrogen) atoms. The summed E-state index contributed by atoms with van der Waals surface area (Å²) < 4.78 is 16.2. The zero-order valence-corrected chi connectivity index (χ0v) is 17.2. The van der Waals surface area contributed by atoms with Crippen LogP contribution >= 0.6 is 0 Å². The third-order valence-electron chi connectivity index (χ3n) is 4.90. The summed E-state index contributed by atoms with van der Waals surface area (Å²) in [6.07, 6.45) is 0.0134. The van der Waals surface area contributed by atoms with E-state index in [-0.39, 0.29) is 6.10 Å². The maximum absolute atomic E-state index is 12.2.